The molecular formula is C24H20ClN3O3. The number of carbonyl (C=O) groups excluding carboxylic acids is 1. The molecule has 0 fully saturated rings. The molecule has 2 N–H and O–H groups in total. The lowest BCUT2D eigenvalue weighted by molar-refractivity contribution is -0.384. The van der Waals surface area contributed by atoms with Gasteiger partial charge in [0.05, 0.1) is 4.92 Å². The summed E-state index contributed by atoms with van der Waals surface area (Å²) in [4.78, 5) is 26.8. The Hall–Kier alpha value is -3.64. The fourth-order valence-corrected chi connectivity index (χ4v) is 3.81. The second-order valence-corrected chi connectivity index (χ2v) is 7.74. The summed E-state index contributed by atoms with van der Waals surface area (Å²) < 4.78 is 0. The summed E-state index contributed by atoms with van der Waals surface area (Å²) in [6.45, 7) is 0.437. The summed E-state index contributed by atoms with van der Waals surface area (Å²) in [5, 5.41) is 15.6. The van der Waals surface area contributed by atoms with Crippen LogP contribution in [-0.4, -0.2) is 15.8 Å². The number of nitro benzene ring substituents is 1. The first-order valence-corrected chi connectivity index (χ1v) is 10.2. The van der Waals surface area contributed by atoms with Crippen molar-refractivity contribution in [3.63, 3.8) is 0 Å². The van der Waals surface area contributed by atoms with E-state index in [2.05, 4.69) is 10.3 Å². The maximum absolute atomic E-state index is 12.8. The molecule has 1 aromatic heterocycles. The number of nitrogens with one attached hydrogen (secondary N) is 2. The van der Waals surface area contributed by atoms with Gasteiger partial charge in [-0.25, -0.2) is 0 Å². The molecule has 4 rings (SSSR count). The van der Waals surface area contributed by atoms with E-state index in [-0.39, 0.29) is 23.9 Å². The Morgan fingerprint density at radius 2 is 1.81 bits per heavy atom. The highest BCUT2D eigenvalue weighted by Crippen LogP contribution is 2.35. The maximum Gasteiger partial charge on any atom is 0.270 e. The van der Waals surface area contributed by atoms with Crippen LogP contribution in [0.25, 0.3) is 10.9 Å². The first-order chi connectivity index (χ1) is 15.0. The molecule has 4 aromatic rings. The van der Waals surface area contributed by atoms with Crippen molar-refractivity contribution < 1.29 is 9.72 Å². The lowest BCUT2D eigenvalue weighted by atomic mass is 9.88. The highest BCUT2D eigenvalue weighted by atomic mass is 35.5. The summed E-state index contributed by atoms with van der Waals surface area (Å²) >= 11 is 6.05. The summed E-state index contributed by atoms with van der Waals surface area (Å²) in [7, 11) is 0. The van der Waals surface area contributed by atoms with E-state index in [4.69, 9.17) is 11.6 Å². The molecule has 0 aliphatic rings. The number of aromatic amines is 1. The number of rotatable bonds is 7. The van der Waals surface area contributed by atoms with Crippen molar-refractivity contribution in [2.24, 2.45) is 0 Å². The Bertz CT molecular complexity index is 1220. The highest BCUT2D eigenvalue weighted by Gasteiger charge is 2.22. The van der Waals surface area contributed by atoms with Gasteiger partial charge in [-0.2, -0.15) is 0 Å². The first-order valence-electron chi connectivity index (χ1n) is 9.83. The minimum atomic E-state index is -0.417. The number of non-ortho nitro benzene ring substituents is 1. The second-order valence-electron chi connectivity index (χ2n) is 7.30. The Balaban J connectivity index is 1.66. The number of benzene rings is 3. The van der Waals surface area contributed by atoms with E-state index < -0.39 is 4.92 Å². The third-order valence-electron chi connectivity index (χ3n) is 5.28. The molecule has 1 amide bonds. The quantitative estimate of drug-likeness (QED) is 0.295. The van der Waals surface area contributed by atoms with Crippen LogP contribution in [0.1, 0.15) is 29.0 Å². The predicted octanol–water partition coefficient (Wildman–Crippen LogP) is 5.57. The monoisotopic (exact) mass is 433 g/mol. The Kier molecular flexibility index (Phi) is 6.00. The number of nitrogens with zero attached hydrogens (tertiary/aromatic N) is 1. The van der Waals surface area contributed by atoms with Crippen molar-refractivity contribution in [1.29, 1.82) is 0 Å². The number of hydrogen-bond donors (Lipinski definition) is 2. The molecule has 3 aromatic carbocycles. The molecule has 1 atom stereocenters. The first kappa shape index (κ1) is 20.6. The smallest absolute Gasteiger partial charge is 0.270 e. The van der Waals surface area contributed by atoms with E-state index in [0.717, 1.165) is 27.6 Å². The van der Waals surface area contributed by atoms with Gasteiger partial charge in [-0.1, -0.05) is 54.1 Å². The van der Waals surface area contributed by atoms with E-state index in [9.17, 15) is 14.9 Å². The van der Waals surface area contributed by atoms with Crippen LogP contribution in [0.3, 0.4) is 0 Å². The summed E-state index contributed by atoms with van der Waals surface area (Å²) in [6, 6.07) is 21.7. The van der Waals surface area contributed by atoms with Gasteiger partial charge in [-0.05, 0) is 34.9 Å². The van der Waals surface area contributed by atoms with E-state index in [1.165, 1.54) is 6.07 Å². The largest absolute Gasteiger partial charge is 0.361 e. The Morgan fingerprint density at radius 3 is 2.52 bits per heavy atom. The fourth-order valence-electron chi connectivity index (χ4n) is 3.69. The van der Waals surface area contributed by atoms with Gasteiger partial charge in [0.15, 0.2) is 0 Å². The van der Waals surface area contributed by atoms with Gasteiger partial charge in [0.1, 0.15) is 0 Å². The zero-order valence-electron chi connectivity index (χ0n) is 16.5. The van der Waals surface area contributed by atoms with Crippen molar-refractivity contribution >= 4 is 34.1 Å². The van der Waals surface area contributed by atoms with Crippen molar-refractivity contribution in [3.05, 3.63) is 111 Å². The second kappa shape index (κ2) is 9.02. The van der Waals surface area contributed by atoms with E-state index >= 15 is 0 Å². The van der Waals surface area contributed by atoms with Gasteiger partial charge in [0, 0.05) is 53.1 Å². The fraction of sp³-hybridized carbons (Fsp3) is 0.125. The van der Waals surface area contributed by atoms with Crippen molar-refractivity contribution in [3.8, 4) is 0 Å². The van der Waals surface area contributed by atoms with Crippen LogP contribution in [0.2, 0.25) is 5.02 Å². The van der Waals surface area contributed by atoms with Gasteiger partial charge in [0.2, 0.25) is 5.91 Å². The van der Waals surface area contributed by atoms with E-state index in [0.29, 0.717) is 11.6 Å². The Labute approximate surface area is 184 Å². The van der Waals surface area contributed by atoms with Crippen LogP contribution in [0, 0.1) is 10.1 Å². The SMILES string of the molecule is O=C(C[C@H](c1ccc(Cl)cc1)c1c[nH]c2ccc([N+](=O)[O-])cc12)NCc1ccccc1. The number of amides is 1. The standard InChI is InChI=1S/C24H20ClN3O3/c25-18-8-6-17(7-9-18)20(13-24(29)27-14-16-4-2-1-3-5-16)22-15-26-23-11-10-19(28(30)31)12-21(22)23/h1-12,15,20,26H,13-14H2,(H,27,29)/t20-/m1/s1. The van der Waals surface area contributed by atoms with Crippen LogP contribution in [-0.2, 0) is 11.3 Å². The van der Waals surface area contributed by atoms with Crippen LogP contribution in [0.4, 0.5) is 5.69 Å². The third kappa shape index (κ3) is 4.75. The third-order valence-corrected chi connectivity index (χ3v) is 5.53. The average Bonchev–Trinajstić information content (AvgIpc) is 3.20. The minimum absolute atomic E-state index is 0.0109. The molecule has 7 heteroatoms. The van der Waals surface area contributed by atoms with Crippen LogP contribution >= 0.6 is 11.6 Å². The molecule has 0 unspecified atom stereocenters. The summed E-state index contributed by atoms with van der Waals surface area (Å²) in [5.74, 6) is -0.396. The van der Waals surface area contributed by atoms with Crippen LogP contribution in [0.15, 0.2) is 79.0 Å². The Morgan fingerprint density at radius 1 is 1.06 bits per heavy atom. The minimum Gasteiger partial charge on any atom is -0.361 e. The molecular weight excluding hydrogens is 414 g/mol. The molecule has 0 saturated carbocycles. The molecule has 1 heterocycles. The van der Waals surface area contributed by atoms with Gasteiger partial charge >= 0.3 is 0 Å². The molecule has 6 nitrogen and oxygen atoms in total. The zero-order chi connectivity index (χ0) is 21.8. The molecule has 0 aliphatic heterocycles. The van der Waals surface area contributed by atoms with E-state index in [1.54, 1.807) is 24.3 Å². The molecule has 156 valence electrons. The lowest BCUT2D eigenvalue weighted by Gasteiger charge is -2.17. The summed E-state index contributed by atoms with van der Waals surface area (Å²) in [5.41, 5.74) is 3.55. The molecule has 31 heavy (non-hydrogen) atoms. The molecule has 0 aliphatic carbocycles. The highest BCUT2D eigenvalue weighted by molar-refractivity contribution is 6.30. The van der Waals surface area contributed by atoms with Crippen molar-refractivity contribution in [2.45, 2.75) is 18.9 Å². The topological polar surface area (TPSA) is 88.0 Å². The van der Waals surface area contributed by atoms with E-state index in [1.807, 2.05) is 48.7 Å². The average molecular weight is 434 g/mol. The number of aromatic nitrogens is 1. The number of halogens is 1. The lowest BCUT2D eigenvalue weighted by Crippen LogP contribution is -2.25. The van der Waals surface area contributed by atoms with Gasteiger partial charge < -0.3 is 10.3 Å². The van der Waals surface area contributed by atoms with Gasteiger partial charge in [0.25, 0.3) is 5.69 Å². The molecule has 0 spiro atoms. The zero-order valence-corrected chi connectivity index (χ0v) is 17.3. The predicted molar refractivity (Wildman–Crippen MR) is 121 cm³/mol. The molecule has 0 radical (unpaired) electrons. The number of nitro groups is 1. The summed E-state index contributed by atoms with van der Waals surface area (Å²) in [6.07, 6.45) is 2.02. The van der Waals surface area contributed by atoms with Crippen LogP contribution < -0.4 is 5.32 Å². The van der Waals surface area contributed by atoms with Gasteiger partial charge in [-0.3, -0.25) is 14.9 Å². The number of hydrogen-bond acceptors (Lipinski definition) is 3. The van der Waals surface area contributed by atoms with Crippen LogP contribution in [0.5, 0.6) is 0 Å². The number of carbonyl (C=O) groups is 1. The number of H-pyrrole nitrogens is 1. The molecule has 0 saturated heterocycles. The van der Waals surface area contributed by atoms with Gasteiger partial charge in [-0.15, -0.1) is 0 Å². The maximum atomic E-state index is 12.8. The van der Waals surface area contributed by atoms with Crippen molar-refractivity contribution in [2.75, 3.05) is 0 Å². The van der Waals surface area contributed by atoms with Crippen molar-refractivity contribution in [1.82, 2.24) is 10.3 Å². The molecule has 0 bridgehead atoms. The number of fused-ring (bicyclic) bond motifs is 1. The normalized spacial score (nSPS) is 11.9.